The molecule has 8 heteroatoms. The summed E-state index contributed by atoms with van der Waals surface area (Å²) in [7, 11) is 0. The fourth-order valence-electron chi connectivity index (χ4n) is 3.28. The summed E-state index contributed by atoms with van der Waals surface area (Å²) in [5.74, 6) is 3.54. The van der Waals surface area contributed by atoms with Crippen molar-refractivity contribution in [1.29, 1.82) is 0 Å². The highest BCUT2D eigenvalue weighted by atomic mass is 16.4. The molecular formula is C26H27N7O. The molecule has 0 spiro atoms. The van der Waals surface area contributed by atoms with E-state index in [9.17, 15) is 0 Å². The number of nitrogens with one attached hydrogen (secondary N) is 1. The molecule has 0 bridgehead atoms. The number of nitrogens with two attached hydrogens (primary N) is 1. The average molecular weight is 454 g/mol. The molecule has 3 aromatic heterocycles. The minimum atomic E-state index is -0.511. The Hall–Kier alpha value is -4.25. The predicted molar refractivity (Wildman–Crippen MR) is 134 cm³/mol. The average Bonchev–Trinajstić information content (AvgIpc) is 3.35. The third-order valence-corrected chi connectivity index (χ3v) is 5.48. The molecule has 0 saturated carbocycles. The maximum absolute atomic E-state index is 6.10. The number of hydrogen-bond donors (Lipinski definition) is 2. The minimum absolute atomic E-state index is 0.199. The zero-order chi connectivity index (χ0) is 24.1. The van der Waals surface area contributed by atoms with Gasteiger partial charge in [-0.15, -0.1) is 16.6 Å². The quantitative estimate of drug-likeness (QED) is 0.284. The number of nitrogens with zero attached hydrogens (tertiary/aromatic N) is 5. The van der Waals surface area contributed by atoms with Gasteiger partial charge in [-0.25, -0.2) is 9.97 Å². The molecule has 0 aliphatic carbocycles. The Morgan fingerprint density at radius 1 is 1.06 bits per heavy atom. The molecule has 0 amide bonds. The first-order valence-corrected chi connectivity index (χ1v) is 11.2. The van der Waals surface area contributed by atoms with Crippen molar-refractivity contribution in [3.8, 4) is 46.6 Å². The number of hydrogen-bond acceptors (Lipinski definition) is 8. The number of aromatic nitrogens is 5. The van der Waals surface area contributed by atoms with E-state index in [4.69, 9.17) is 16.6 Å². The van der Waals surface area contributed by atoms with Gasteiger partial charge in [0.05, 0.1) is 23.0 Å². The number of benzene rings is 1. The van der Waals surface area contributed by atoms with Gasteiger partial charge in [0.15, 0.2) is 11.5 Å². The zero-order valence-electron chi connectivity index (χ0n) is 19.5. The van der Waals surface area contributed by atoms with Crippen LogP contribution in [0.1, 0.15) is 39.3 Å². The van der Waals surface area contributed by atoms with E-state index >= 15 is 0 Å². The van der Waals surface area contributed by atoms with Gasteiger partial charge in [0.2, 0.25) is 5.89 Å². The van der Waals surface area contributed by atoms with Crippen molar-refractivity contribution >= 4 is 11.5 Å². The van der Waals surface area contributed by atoms with Crippen molar-refractivity contribution in [2.75, 3.05) is 17.6 Å². The summed E-state index contributed by atoms with van der Waals surface area (Å²) in [6, 6.07) is 11.6. The van der Waals surface area contributed by atoms with Gasteiger partial charge in [-0.1, -0.05) is 19.3 Å². The molecule has 0 aliphatic heterocycles. The molecule has 34 heavy (non-hydrogen) atoms. The van der Waals surface area contributed by atoms with Crippen molar-refractivity contribution in [2.45, 2.75) is 39.0 Å². The zero-order valence-corrected chi connectivity index (χ0v) is 19.5. The largest absolute Gasteiger partial charge is 0.414 e. The van der Waals surface area contributed by atoms with Crippen molar-refractivity contribution in [1.82, 2.24) is 25.1 Å². The van der Waals surface area contributed by atoms with Crippen LogP contribution in [0.4, 0.5) is 11.5 Å². The number of pyridine rings is 1. The van der Waals surface area contributed by atoms with Gasteiger partial charge in [-0.2, -0.15) is 0 Å². The van der Waals surface area contributed by atoms with Crippen LogP contribution in [0, 0.1) is 12.3 Å². The number of anilines is 2. The standard InChI is InChI=1S/C26H27N7O/c1-5-7-13-28-19-10-8-17(9-11-19)24-32-33-25(34-24)22-23(27)30-16-20(31-22)18-12-14-29-21(15-18)26(3,4)6-2/h2,8-12,14-16,28H,5,7,13H2,1,3-4H3,(H2,27,30). The maximum atomic E-state index is 6.10. The lowest BCUT2D eigenvalue weighted by molar-refractivity contribution is 0.582. The summed E-state index contributed by atoms with van der Waals surface area (Å²) in [4.78, 5) is 13.4. The molecule has 0 saturated heterocycles. The summed E-state index contributed by atoms with van der Waals surface area (Å²) < 4.78 is 5.90. The van der Waals surface area contributed by atoms with Crippen LogP contribution < -0.4 is 11.1 Å². The van der Waals surface area contributed by atoms with Crippen LogP contribution in [0.25, 0.3) is 34.3 Å². The lowest BCUT2D eigenvalue weighted by Crippen LogP contribution is -2.15. The van der Waals surface area contributed by atoms with Crippen LogP contribution in [0.2, 0.25) is 0 Å². The van der Waals surface area contributed by atoms with Gasteiger partial charge in [-0.05, 0) is 56.7 Å². The van der Waals surface area contributed by atoms with Crippen molar-refractivity contribution in [3.63, 3.8) is 0 Å². The number of terminal acetylenes is 1. The topological polar surface area (TPSA) is 116 Å². The highest BCUT2D eigenvalue weighted by molar-refractivity contribution is 5.69. The summed E-state index contributed by atoms with van der Waals surface area (Å²) in [5.41, 5.74) is 9.94. The smallest absolute Gasteiger partial charge is 0.270 e. The Morgan fingerprint density at radius 2 is 1.82 bits per heavy atom. The maximum Gasteiger partial charge on any atom is 0.270 e. The molecule has 4 aromatic rings. The molecule has 4 rings (SSSR count). The third kappa shape index (κ3) is 4.89. The molecule has 0 atom stereocenters. The fraction of sp³-hybridized carbons (Fsp3) is 0.269. The van der Waals surface area contributed by atoms with E-state index in [1.165, 1.54) is 0 Å². The Kier molecular flexibility index (Phi) is 6.55. The van der Waals surface area contributed by atoms with E-state index in [1.54, 1.807) is 12.4 Å². The van der Waals surface area contributed by atoms with Crippen LogP contribution in [-0.4, -0.2) is 31.7 Å². The number of nitrogen functional groups attached to an aromatic ring is 1. The molecule has 0 radical (unpaired) electrons. The SMILES string of the molecule is C#CC(C)(C)c1cc(-c2cnc(N)c(-c3nnc(-c4ccc(NCCCC)cc4)o3)n2)ccn1. The summed E-state index contributed by atoms with van der Waals surface area (Å²) in [5, 5.41) is 11.7. The van der Waals surface area contributed by atoms with Crippen LogP contribution in [0.5, 0.6) is 0 Å². The van der Waals surface area contributed by atoms with E-state index in [-0.39, 0.29) is 11.7 Å². The molecule has 1 aromatic carbocycles. The van der Waals surface area contributed by atoms with E-state index in [1.807, 2.05) is 50.2 Å². The first-order chi connectivity index (χ1) is 16.4. The van der Waals surface area contributed by atoms with E-state index < -0.39 is 5.41 Å². The Bertz CT molecular complexity index is 1320. The highest BCUT2D eigenvalue weighted by Crippen LogP contribution is 2.29. The molecular weight excluding hydrogens is 426 g/mol. The predicted octanol–water partition coefficient (Wildman–Crippen LogP) is 4.96. The molecule has 172 valence electrons. The third-order valence-electron chi connectivity index (χ3n) is 5.48. The number of unbranched alkanes of at least 4 members (excludes halogenated alkanes) is 1. The number of rotatable bonds is 8. The second-order valence-corrected chi connectivity index (χ2v) is 8.46. The molecule has 0 fully saturated rings. The van der Waals surface area contributed by atoms with E-state index in [0.29, 0.717) is 17.3 Å². The molecule has 0 unspecified atom stereocenters. The Balaban J connectivity index is 1.61. The summed E-state index contributed by atoms with van der Waals surface area (Å²) in [6.07, 6.45) is 11.2. The minimum Gasteiger partial charge on any atom is -0.414 e. The monoisotopic (exact) mass is 453 g/mol. The second kappa shape index (κ2) is 9.71. The van der Waals surface area contributed by atoms with Gasteiger partial charge in [0, 0.05) is 29.6 Å². The lowest BCUT2D eigenvalue weighted by Gasteiger charge is -2.17. The van der Waals surface area contributed by atoms with Crippen LogP contribution in [0.15, 0.2) is 53.2 Å². The first kappa shape index (κ1) is 22.9. The normalized spacial score (nSPS) is 11.2. The van der Waals surface area contributed by atoms with Crippen LogP contribution in [0.3, 0.4) is 0 Å². The van der Waals surface area contributed by atoms with Crippen LogP contribution in [-0.2, 0) is 5.41 Å². The van der Waals surface area contributed by atoms with Gasteiger partial charge >= 0.3 is 0 Å². The molecule has 3 N–H and O–H groups in total. The van der Waals surface area contributed by atoms with Crippen LogP contribution >= 0.6 is 0 Å². The van der Waals surface area contributed by atoms with Crippen molar-refractivity contribution in [2.24, 2.45) is 0 Å². The summed E-state index contributed by atoms with van der Waals surface area (Å²) in [6.45, 7) is 6.98. The van der Waals surface area contributed by atoms with Gasteiger partial charge in [-0.3, -0.25) is 4.98 Å². The van der Waals surface area contributed by atoms with Gasteiger partial charge in [0.25, 0.3) is 5.89 Å². The van der Waals surface area contributed by atoms with Crippen molar-refractivity contribution in [3.05, 3.63) is 54.5 Å². The lowest BCUT2D eigenvalue weighted by atomic mass is 9.89. The first-order valence-electron chi connectivity index (χ1n) is 11.2. The Morgan fingerprint density at radius 3 is 2.56 bits per heavy atom. The summed E-state index contributed by atoms with van der Waals surface area (Å²) >= 11 is 0. The van der Waals surface area contributed by atoms with E-state index in [0.717, 1.165) is 41.9 Å². The van der Waals surface area contributed by atoms with Gasteiger partial charge in [0.1, 0.15) is 0 Å². The van der Waals surface area contributed by atoms with E-state index in [2.05, 4.69) is 43.3 Å². The Labute approximate surface area is 199 Å². The second-order valence-electron chi connectivity index (χ2n) is 8.46. The molecule has 8 nitrogen and oxygen atoms in total. The molecule has 3 heterocycles. The highest BCUT2D eigenvalue weighted by Gasteiger charge is 2.21. The van der Waals surface area contributed by atoms with Crippen molar-refractivity contribution < 1.29 is 4.42 Å². The van der Waals surface area contributed by atoms with Gasteiger partial charge < -0.3 is 15.5 Å². The fourth-order valence-corrected chi connectivity index (χ4v) is 3.28. The molecule has 0 aliphatic rings.